The summed E-state index contributed by atoms with van der Waals surface area (Å²) in [7, 11) is 0. The maximum absolute atomic E-state index is 11.8. The van der Waals surface area contributed by atoms with Crippen molar-refractivity contribution in [1.29, 1.82) is 0 Å². The van der Waals surface area contributed by atoms with Gasteiger partial charge in [-0.2, -0.15) is 0 Å². The van der Waals surface area contributed by atoms with Gasteiger partial charge < -0.3 is 26.0 Å². The van der Waals surface area contributed by atoms with Crippen LogP contribution in [-0.2, 0) is 9.59 Å². The molecule has 0 bridgehead atoms. The molecule has 0 spiro atoms. The highest BCUT2D eigenvalue weighted by Crippen LogP contribution is 2.26. The van der Waals surface area contributed by atoms with E-state index in [0.29, 0.717) is 5.56 Å². The van der Waals surface area contributed by atoms with Crippen molar-refractivity contribution in [3.05, 3.63) is 53.1 Å². The van der Waals surface area contributed by atoms with E-state index < -0.39 is 17.9 Å². The molecule has 0 fully saturated rings. The number of hydrogen-bond acceptors (Lipinski definition) is 5. The molecular weight excluding hydrogens is 336 g/mol. The number of halogens is 1. The number of anilines is 1. The van der Waals surface area contributed by atoms with Gasteiger partial charge in [0.2, 0.25) is 0 Å². The minimum atomic E-state index is -1.04. The highest BCUT2D eigenvalue weighted by molar-refractivity contribution is 6.40. The molecule has 2 amide bonds. The summed E-state index contributed by atoms with van der Waals surface area (Å²) in [5, 5.41) is 33.5. The average molecular weight is 351 g/mol. The molecule has 5 N–H and O–H groups in total. The van der Waals surface area contributed by atoms with Crippen molar-refractivity contribution in [1.82, 2.24) is 5.32 Å². The number of hydrogen-bond donors (Lipinski definition) is 5. The fourth-order valence-electron chi connectivity index (χ4n) is 1.87. The number of carbonyl (C=O) groups is 2. The molecule has 1 atom stereocenters. The third-order valence-corrected chi connectivity index (χ3v) is 3.38. The van der Waals surface area contributed by atoms with E-state index in [2.05, 4.69) is 10.6 Å². The van der Waals surface area contributed by atoms with Gasteiger partial charge in [0.1, 0.15) is 11.5 Å². The fourth-order valence-corrected chi connectivity index (χ4v) is 2.04. The van der Waals surface area contributed by atoms with Gasteiger partial charge in [-0.05, 0) is 35.9 Å². The third-order valence-electron chi connectivity index (χ3n) is 3.15. The number of nitrogens with one attached hydrogen (secondary N) is 2. The van der Waals surface area contributed by atoms with Crippen LogP contribution in [0.15, 0.2) is 42.5 Å². The molecule has 2 aromatic carbocycles. The van der Waals surface area contributed by atoms with Crippen LogP contribution in [0.3, 0.4) is 0 Å². The highest BCUT2D eigenvalue weighted by atomic mass is 35.5. The molecule has 24 heavy (non-hydrogen) atoms. The summed E-state index contributed by atoms with van der Waals surface area (Å²) >= 11 is 5.75. The van der Waals surface area contributed by atoms with Crippen LogP contribution in [0.25, 0.3) is 0 Å². The monoisotopic (exact) mass is 350 g/mol. The lowest BCUT2D eigenvalue weighted by atomic mass is 10.1. The van der Waals surface area contributed by atoms with Crippen molar-refractivity contribution < 1.29 is 24.9 Å². The van der Waals surface area contributed by atoms with Gasteiger partial charge in [0, 0.05) is 11.6 Å². The standard InChI is InChI=1S/C16H15ClN2O5/c17-10-3-6-13(21)12(7-10)19-16(24)15(23)18-8-14(22)9-1-4-11(20)5-2-9/h1-7,14,20-22H,8H2,(H,18,23)(H,19,24)/t14-/m1/s1. The van der Waals surface area contributed by atoms with Gasteiger partial charge in [0.15, 0.2) is 0 Å². The van der Waals surface area contributed by atoms with Crippen LogP contribution in [0.1, 0.15) is 11.7 Å². The van der Waals surface area contributed by atoms with Gasteiger partial charge in [-0.15, -0.1) is 0 Å². The summed E-state index contributed by atoms with van der Waals surface area (Å²) in [5.74, 6) is -2.17. The highest BCUT2D eigenvalue weighted by Gasteiger charge is 2.17. The molecule has 0 radical (unpaired) electrons. The second kappa shape index (κ2) is 7.67. The maximum atomic E-state index is 11.8. The Labute approximate surface area is 142 Å². The van der Waals surface area contributed by atoms with Gasteiger partial charge in [-0.3, -0.25) is 9.59 Å². The zero-order chi connectivity index (χ0) is 17.7. The molecule has 0 aromatic heterocycles. The number of benzene rings is 2. The van der Waals surface area contributed by atoms with E-state index >= 15 is 0 Å². The Morgan fingerprint density at radius 2 is 1.71 bits per heavy atom. The number of amides is 2. The quantitative estimate of drug-likeness (QED) is 0.423. The van der Waals surface area contributed by atoms with Crippen LogP contribution in [-0.4, -0.2) is 33.7 Å². The Bertz CT molecular complexity index is 749. The Morgan fingerprint density at radius 3 is 2.38 bits per heavy atom. The number of aliphatic hydroxyl groups excluding tert-OH is 1. The second-order valence-electron chi connectivity index (χ2n) is 4.93. The van der Waals surface area contributed by atoms with Crippen molar-refractivity contribution >= 4 is 29.1 Å². The molecule has 2 aromatic rings. The number of carbonyl (C=O) groups excluding carboxylic acids is 2. The van der Waals surface area contributed by atoms with Crippen LogP contribution in [0.5, 0.6) is 11.5 Å². The number of aliphatic hydroxyl groups is 1. The zero-order valence-corrected chi connectivity index (χ0v) is 13.1. The first-order valence-electron chi connectivity index (χ1n) is 6.91. The number of aromatic hydroxyl groups is 2. The predicted molar refractivity (Wildman–Crippen MR) is 87.8 cm³/mol. The molecule has 0 saturated heterocycles. The van der Waals surface area contributed by atoms with E-state index in [0.717, 1.165) is 0 Å². The lowest BCUT2D eigenvalue weighted by Gasteiger charge is -2.12. The molecule has 0 unspecified atom stereocenters. The van der Waals surface area contributed by atoms with Gasteiger partial charge in [0.25, 0.3) is 0 Å². The van der Waals surface area contributed by atoms with Gasteiger partial charge >= 0.3 is 11.8 Å². The van der Waals surface area contributed by atoms with E-state index in [1.54, 1.807) is 0 Å². The fraction of sp³-hybridized carbons (Fsp3) is 0.125. The van der Waals surface area contributed by atoms with E-state index in [4.69, 9.17) is 11.6 Å². The van der Waals surface area contributed by atoms with Crippen LogP contribution in [0.2, 0.25) is 5.02 Å². The first-order chi connectivity index (χ1) is 11.4. The Kier molecular flexibility index (Phi) is 5.62. The average Bonchev–Trinajstić information content (AvgIpc) is 2.56. The predicted octanol–water partition coefficient (Wildman–Crippen LogP) is 1.54. The summed E-state index contributed by atoms with van der Waals surface area (Å²) in [4.78, 5) is 23.5. The molecule has 126 valence electrons. The van der Waals surface area contributed by atoms with Crippen LogP contribution >= 0.6 is 11.6 Å². The van der Waals surface area contributed by atoms with E-state index in [1.165, 1.54) is 42.5 Å². The van der Waals surface area contributed by atoms with Crippen molar-refractivity contribution in [3.8, 4) is 11.5 Å². The molecule has 0 aliphatic rings. The molecule has 8 heteroatoms. The number of phenols is 2. The summed E-state index contributed by atoms with van der Waals surface area (Å²) in [6.07, 6.45) is -1.04. The van der Waals surface area contributed by atoms with Crippen LogP contribution in [0, 0.1) is 0 Å². The molecule has 7 nitrogen and oxygen atoms in total. The number of phenolic OH excluding ortho intramolecular Hbond substituents is 2. The molecule has 0 saturated carbocycles. The van der Waals surface area contributed by atoms with E-state index in [9.17, 15) is 24.9 Å². The van der Waals surface area contributed by atoms with Crippen molar-refractivity contribution in [2.75, 3.05) is 11.9 Å². The summed E-state index contributed by atoms with van der Waals surface area (Å²) in [6, 6.07) is 9.80. The Balaban J connectivity index is 1.90. The van der Waals surface area contributed by atoms with Crippen LogP contribution in [0.4, 0.5) is 5.69 Å². The topological polar surface area (TPSA) is 119 Å². The lowest BCUT2D eigenvalue weighted by Crippen LogP contribution is -2.37. The largest absolute Gasteiger partial charge is 0.508 e. The smallest absolute Gasteiger partial charge is 0.313 e. The molecule has 0 aliphatic heterocycles. The Hall–Kier alpha value is -2.77. The minimum Gasteiger partial charge on any atom is -0.508 e. The van der Waals surface area contributed by atoms with Crippen molar-refractivity contribution in [2.45, 2.75) is 6.10 Å². The first kappa shape index (κ1) is 17.6. The third kappa shape index (κ3) is 4.61. The van der Waals surface area contributed by atoms with Crippen molar-refractivity contribution in [2.24, 2.45) is 0 Å². The van der Waals surface area contributed by atoms with Crippen LogP contribution < -0.4 is 10.6 Å². The summed E-state index contributed by atoms with van der Waals surface area (Å²) < 4.78 is 0. The van der Waals surface area contributed by atoms with Crippen molar-refractivity contribution in [3.63, 3.8) is 0 Å². The lowest BCUT2D eigenvalue weighted by molar-refractivity contribution is -0.136. The minimum absolute atomic E-state index is 0.00160. The Morgan fingerprint density at radius 1 is 1.04 bits per heavy atom. The molecule has 0 heterocycles. The second-order valence-corrected chi connectivity index (χ2v) is 5.37. The maximum Gasteiger partial charge on any atom is 0.313 e. The SMILES string of the molecule is O=C(NC[C@@H](O)c1ccc(O)cc1)C(=O)Nc1cc(Cl)ccc1O. The van der Waals surface area contributed by atoms with Gasteiger partial charge in [-0.25, -0.2) is 0 Å². The molecular formula is C16H15ClN2O5. The summed E-state index contributed by atoms with van der Waals surface area (Å²) in [5.41, 5.74) is 0.475. The van der Waals surface area contributed by atoms with Gasteiger partial charge in [0.05, 0.1) is 11.8 Å². The number of rotatable bonds is 4. The zero-order valence-electron chi connectivity index (χ0n) is 12.4. The molecule has 2 rings (SSSR count). The molecule has 0 aliphatic carbocycles. The van der Waals surface area contributed by atoms with E-state index in [-0.39, 0.29) is 28.8 Å². The normalized spacial score (nSPS) is 11.6. The van der Waals surface area contributed by atoms with Gasteiger partial charge in [-0.1, -0.05) is 23.7 Å². The van der Waals surface area contributed by atoms with E-state index in [1.807, 2.05) is 0 Å². The first-order valence-corrected chi connectivity index (χ1v) is 7.29. The summed E-state index contributed by atoms with van der Waals surface area (Å²) in [6.45, 7) is -0.196.